The molecule has 0 aromatic rings. The number of rotatable bonds is 3. The lowest BCUT2D eigenvalue weighted by atomic mass is 10.0. The fraction of sp³-hybridized carbons (Fsp3) is 0.727. The lowest BCUT2D eigenvalue weighted by Gasteiger charge is -2.22. The van der Waals surface area contributed by atoms with E-state index in [1.165, 1.54) is 24.3 Å². The average molecular weight is 211 g/mol. The third-order valence-electron chi connectivity index (χ3n) is 2.93. The fourth-order valence-corrected chi connectivity index (χ4v) is 3.17. The monoisotopic (exact) mass is 211 g/mol. The van der Waals surface area contributed by atoms with Crippen molar-refractivity contribution in [3.63, 3.8) is 0 Å². The Morgan fingerprint density at radius 3 is 2.79 bits per heavy atom. The third-order valence-corrected chi connectivity index (χ3v) is 3.98. The molecular weight excluding hydrogens is 194 g/mol. The van der Waals surface area contributed by atoms with Crippen molar-refractivity contribution in [2.45, 2.75) is 25.7 Å². The first kappa shape index (κ1) is 10.1. The van der Waals surface area contributed by atoms with Crippen molar-refractivity contribution in [2.24, 2.45) is 5.92 Å². The second kappa shape index (κ2) is 4.87. The molecule has 0 aromatic heterocycles. The highest BCUT2D eigenvalue weighted by molar-refractivity contribution is 7.99. The largest absolute Gasteiger partial charge is 0.388 e. The van der Waals surface area contributed by atoms with Crippen molar-refractivity contribution in [3.8, 4) is 0 Å². The third kappa shape index (κ3) is 2.77. The van der Waals surface area contributed by atoms with Crippen LogP contribution in [0.4, 0.5) is 0 Å². The molecule has 1 aliphatic carbocycles. The maximum Gasteiger partial charge on any atom is 0.157 e. The van der Waals surface area contributed by atoms with Crippen LogP contribution in [0.5, 0.6) is 0 Å². The standard InChI is InChI=1S/C11H17NOS/c13-11-2-1-10(7-11)12-8-9-3-5-14-6-4-9/h7,9,12H,1-6,8H2. The van der Waals surface area contributed by atoms with Crippen LogP contribution in [-0.4, -0.2) is 23.8 Å². The predicted octanol–water partition coefficient (Wildman–Crippen LogP) is 1.97. The molecule has 2 rings (SSSR count). The molecule has 1 N–H and O–H groups in total. The summed E-state index contributed by atoms with van der Waals surface area (Å²) in [7, 11) is 0. The highest BCUT2D eigenvalue weighted by Crippen LogP contribution is 2.22. The Kier molecular flexibility index (Phi) is 3.51. The average Bonchev–Trinajstić information content (AvgIpc) is 2.63. The minimum Gasteiger partial charge on any atom is -0.388 e. The zero-order valence-electron chi connectivity index (χ0n) is 8.42. The molecule has 1 heterocycles. The Hall–Kier alpha value is -0.440. The van der Waals surface area contributed by atoms with Crippen molar-refractivity contribution < 1.29 is 4.79 Å². The molecule has 14 heavy (non-hydrogen) atoms. The van der Waals surface area contributed by atoms with E-state index in [9.17, 15) is 4.79 Å². The van der Waals surface area contributed by atoms with Gasteiger partial charge in [0.05, 0.1) is 0 Å². The minimum absolute atomic E-state index is 0.284. The van der Waals surface area contributed by atoms with Gasteiger partial charge in [0.25, 0.3) is 0 Å². The Bertz CT molecular complexity index is 244. The molecule has 0 spiro atoms. The Balaban J connectivity index is 1.71. The highest BCUT2D eigenvalue weighted by atomic mass is 32.2. The van der Waals surface area contributed by atoms with E-state index in [2.05, 4.69) is 17.1 Å². The summed E-state index contributed by atoms with van der Waals surface area (Å²) in [6.45, 7) is 1.07. The number of carbonyl (C=O) groups excluding carboxylic acids is 1. The zero-order chi connectivity index (χ0) is 9.80. The second-order valence-corrected chi connectivity index (χ2v) is 5.30. The van der Waals surface area contributed by atoms with Gasteiger partial charge in [0.15, 0.2) is 5.78 Å². The van der Waals surface area contributed by atoms with Crippen molar-refractivity contribution in [1.82, 2.24) is 5.32 Å². The van der Waals surface area contributed by atoms with Gasteiger partial charge >= 0.3 is 0 Å². The van der Waals surface area contributed by atoms with Crippen LogP contribution in [0.1, 0.15) is 25.7 Å². The number of ketones is 1. The molecule has 78 valence electrons. The summed E-state index contributed by atoms with van der Waals surface area (Å²) in [4.78, 5) is 11.0. The molecule has 0 unspecified atom stereocenters. The number of hydrogen-bond donors (Lipinski definition) is 1. The van der Waals surface area contributed by atoms with E-state index in [1.807, 2.05) is 0 Å². The van der Waals surface area contributed by atoms with E-state index in [0.717, 1.165) is 24.6 Å². The number of carbonyl (C=O) groups is 1. The van der Waals surface area contributed by atoms with Gasteiger partial charge in [-0.15, -0.1) is 0 Å². The summed E-state index contributed by atoms with van der Waals surface area (Å²) >= 11 is 2.06. The molecule has 3 heteroatoms. The number of thioether (sulfide) groups is 1. The first-order valence-corrected chi connectivity index (χ1v) is 6.55. The van der Waals surface area contributed by atoms with Crippen molar-refractivity contribution in [1.29, 1.82) is 0 Å². The van der Waals surface area contributed by atoms with Crippen LogP contribution in [0.25, 0.3) is 0 Å². The quantitative estimate of drug-likeness (QED) is 0.774. The Morgan fingerprint density at radius 2 is 2.14 bits per heavy atom. The maximum atomic E-state index is 11.0. The smallest absolute Gasteiger partial charge is 0.157 e. The molecule has 1 fully saturated rings. The van der Waals surface area contributed by atoms with Gasteiger partial charge in [0.1, 0.15) is 0 Å². The molecule has 2 aliphatic rings. The number of hydrogen-bond acceptors (Lipinski definition) is 3. The second-order valence-electron chi connectivity index (χ2n) is 4.07. The molecule has 2 nitrogen and oxygen atoms in total. The van der Waals surface area contributed by atoms with E-state index in [-0.39, 0.29) is 5.78 Å². The normalized spacial score (nSPS) is 23.7. The van der Waals surface area contributed by atoms with E-state index >= 15 is 0 Å². The number of allylic oxidation sites excluding steroid dienone is 2. The Morgan fingerprint density at radius 1 is 1.36 bits per heavy atom. The van der Waals surface area contributed by atoms with Crippen molar-refractivity contribution in [2.75, 3.05) is 18.1 Å². The van der Waals surface area contributed by atoms with Crippen molar-refractivity contribution >= 4 is 17.5 Å². The zero-order valence-corrected chi connectivity index (χ0v) is 9.24. The van der Waals surface area contributed by atoms with Crippen LogP contribution < -0.4 is 5.32 Å². The first-order chi connectivity index (χ1) is 6.84. The molecule has 0 aromatic carbocycles. The summed E-state index contributed by atoms with van der Waals surface area (Å²) in [6, 6.07) is 0. The van der Waals surface area contributed by atoms with E-state index < -0.39 is 0 Å². The van der Waals surface area contributed by atoms with E-state index in [1.54, 1.807) is 6.08 Å². The summed E-state index contributed by atoms with van der Waals surface area (Å²) in [5, 5.41) is 3.41. The highest BCUT2D eigenvalue weighted by Gasteiger charge is 2.16. The van der Waals surface area contributed by atoms with Crippen LogP contribution in [0.2, 0.25) is 0 Å². The maximum absolute atomic E-state index is 11.0. The van der Waals surface area contributed by atoms with E-state index in [4.69, 9.17) is 0 Å². The topological polar surface area (TPSA) is 29.1 Å². The summed E-state index contributed by atoms with van der Waals surface area (Å²) in [6.07, 6.45) is 6.08. The van der Waals surface area contributed by atoms with Gasteiger partial charge in [-0.05, 0) is 36.7 Å². The van der Waals surface area contributed by atoms with E-state index in [0.29, 0.717) is 6.42 Å². The van der Waals surface area contributed by atoms with Crippen LogP contribution in [0.3, 0.4) is 0 Å². The van der Waals surface area contributed by atoms with Gasteiger partial charge in [-0.1, -0.05) is 0 Å². The van der Waals surface area contributed by atoms with Crippen molar-refractivity contribution in [3.05, 3.63) is 11.8 Å². The summed E-state index contributed by atoms with van der Waals surface area (Å²) in [5.74, 6) is 3.73. The van der Waals surface area contributed by atoms with Gasteiger partial charge < -0.3 is 5.32 Å². The predicted molar refractivity (Wildman–Crippen MR) is 60.4 cm³/mol. The van der Waals surface area contributed by atoms with Crippen LogP contribution in [-0.2, 0) is 4.79 Å². The molecular formula is C11H17NOS. The van der Waals surface area contributed by atoms with Gasteiger partial charge in [-0.3, -0.25) is 4.79 Å². The van der Waals surface area contributed by atoms with Crippen LogP contribution in [0.15, 0.2) is 11.8 Å². The fourth-order valence-electron chi connectivity index (χ4n) is 1.96. The molecule has 1 saturated heterocycles. The molecule has 0 saturated carbocycles. The lowest BCUT2D eigenvalue weighted by molar-refractivity contribution is -0.114. The number of nitrogens with one attached hydrogen (secondary N) is 1. The van der Waals surface area contributed by atoms with Crippen LogP contribution >= 0.6 is 11.8 Å². The summed E-state index contributed by atoms with van der Waals surface area (Å²) < 4.78 is 0. The molecule has 0 radical (unpaired) electrons. The Labute approximate surface area is 89.5 Å². The van der Waals surface area contributed by atoms with Crippen LogP contribution in [0, 0.1) is 5.92 Å². The minimum atomic E-state index is 0.284. The first-order valence-electron chi connectivity index (χ1n) is 5.39. The summed E-state index contributed by atoms with van der Waals surface area (Å²) in [5.41, 5.74) is 1.16. The molecule has 0 amide bonds. The van der Waals surface area contributed by atoms with Gasteiger partial charge in [0, 0.05) is 24.7 Å². The van der Waals surface area contributed by atoms with Gasteiger partial charge in [-0.25, -0.2) is 0 Å². The van der Waals surface area contributed by atoms with Gasteiger partial charge in [0.2, 0.25) is 0 Å². The molecule has 1 aliphatic heterocycles. The lowest BCUT2D eigenvalue weighted by Crippen LogP contribution is -2.24. The SMILES string of the molecule is O=C1C=C(NCC2CCSCC2)CC1. The van der Waals surface area contributed by atoms with Gasteiger partial charge in [-0.2, -0.15) is 11.8 Å². The molecule has 0 bridgehead atoms. The molecule has 0 atom stereocenters.